The third-order valence-electron chi connectivity index (χ3n) is 2.21. The van der Waals surface area contributed by atoms with Gasteiger partial charge in [-0.25, -0.2) is 0 Å². The first kappa shape index (κ1) is 13.7. The number of oxime groups is 1. The topological polar surface area (TPSA) is 87.7 Å². The van der Waals surface area contributed by atoms with Crippen LogP contribution in [0, 0.1) is 11.8 Å². The number of nitrogens with one attached hydrogen (secondary N) is 1. The van der Waals surface area contributed by atoms with E-state index < -0.39 is 5.92 Å². The lowest BCUT2D eigenvalue weighted by atomic mass is 10.1. The van der Waals surface area contributed by atoms with E-state index in [4.69, 9.17) is 10.9 Å². The molecule has 4 N–H and O–H groups in total. The number of carbonyl (C=O) groups is 1. The maximum atomic E-state index is 11.4. The molecule has 0 heterocycles. The molecule has 0 aliphatic rings. The number of hydrogen-bond donors (Lipinski definition) is 3. The molecule has 0 radical (unpaired) electrons. The second kappa shape index (κ2) is 7.09. The van der Waals surface area contributed by atoms with E-state index in [1.54, 1.807) is 6.92 Å². The fourth-order valence-corrected chi connectivity index (χ4v) is 1.10. The molecule has 1 amide bonds. The molecule has 5 nitrogen and oxygen atoms in total. The van der Waals surface area contributed by atoms with Gasteiger partial charge in [0.05, 0.1) is 5.92 Å². The predicted molar refractivity (Wildman–Crippen MR) is 59.7 cm³/mol. The Hall–Kier alpha value is -1.26. The monoisotopic (exact) mass is 215 g/mol. The highest BCUT2D eigenvalue weighted by atomic mass is 16.4. The number of amidine groups is 1. The van der Waals surface area contributed by atoms with Gasteiger partial charge < -0.3 is 16.3 Å². The van der Waals surface area contributed by atoms with E-state index in [9.17, 15) is 4.79 Å². The molecule has 0 aromatic heterocycles. The minimum absolute atomic E-state index is 0.0589. The summed E-state index contributed by atoms with van der Waals surface area (Å²) in [5.74, 6) is -0.192. The summed E-state index contributed by atoms with van der Waals surface area (Å²) >= 11 is 0. The van der Waals surface area contributed by atoms with Crippen molar-refractivity contribution in [3.63, 3.8) is 0 Å². The fraction of sp³-hybridized carbons (Fsp3) is 0.800. The number of rotatable bonds is 6. The number of nitrogens with two attached hydrogens (primary N) is 1. The van der Waals surface area contributed by atoms with Crippen LogP contribution in [-0.2, 0) is 4.79 Å². The van der Waals surface area contributed by atoms with Crippen molar-refractivity contribution in [2.75, 3.05) is 6.54 Å². The predicted octanol–water partition coefficient (Wildman–Crippen LogP) is 0.921. The van der Waals surface area contributed by atoms with Crippen molar-refractivity contribution >= 4 is 11.7 Å². The Morgan fingerprint density at radius 2 is 2.07 bits per heavy atom. The van der Waals surface area contributed by atoms with E-state index in [0.29, 0.717) is 12.5 Å². The van der Waals surface area contributed by atoms with Gasteiger partial charge in [0.1, 0.15) is 0 Å². The van der Waals surface area contributed by atoms with Crippen LogP contribution in [0.2, 0.25) is 0 Å². The quantitative estimate of drug-likeness (QED) is 0.202. The normalized spacial score (nSPS) is 14.0. The molecule has 0 aliphatic heterocycles. The fourth-order valence-electron chi connectivity index (χ4n) is 1.10. The highest BCUT2D eigenvalue weighted by Crippen LogP contribution is 2.02. The third-order valence-corrected chi connectivity index (χ3v) is 2.21. The zero-order chi connectivity index (χ0) is 11.8. The zero-order valence-corrected chi connectivity index (χ0v) is 9.66. The van der Waals surface area contributed by atoms with Crippen LogP contribution in [0.1, 0.15) is 33.6 Å². The lowest BCUT2D eigenvalue weighted by Crippen LogP contribution is -2.37. The Balaban J connectivity index is 3.75. The van der Waals surface area contributed by atoms with Gasteiger partial charge in [-0.2, -0.15) is 0 Å². The van der Waals surface area contributed by atoms with Gasteiger partial charge in [0.15, 0.2) is 5.84 Å². The van der Waals surface area contributed by atoms with Crippen LogP contribution in [-0.4, -0.2) is 23.5 Å². The van der Waals surface area contributed by atoms with Crippen molar-refractivity contribution in [3.8, 4) is 0 Å². The zero-order valence-electron chi connectivity index (χ0n) is 9.66. The van der Waals surface area contributed by atoms with Gasteiger partial charge in [-0.05, 0) is 25.7 Å². The summed E-state index contributed by atoms with van der Waals surface area (Å²) in [7, 11) is 0. The van der Waals surface area contributed by atoms with Gasteiger partial charge in [-0.15, -0.1) is 0 Å². The second-order valence-corrected chi connectivity index (χ2v) is 4.07. The molecule has 0 fully saturated rings. The number of carbonyl (C=O) groups excluding carboxylic acids is 1. The molecule has 0 aliphatic carbocycles. The molecule has 15 heavy (non-hydrogen) atoms. The second-order valence-electron chi connectivity index (χ2n) is 4.07. The van der Waals surface area contributed by atoms with Gasteiger partial charge >= 0.3 is 0 Å². The van der Waals surface area contributed by atoms with Crippen molar-refractivity contribution in [2.24, 2.45) is 22.7 Å². The maximum Gasteiger partial charge on any atom is 0.230 e. The van der Waals surface area contributed by atoms with Crippen molar-refractivity contribution in [1.82, 2.24) is 5.32 Å². The Kier molecular flexibility index (Phi) is 6.49. The highest BCUT2D eigenvalue weighted by Gasteiger charge is 2.16. The van der Waals surface area contributed by atoms with Gasteiger partial charge in [0.2, 0.25) is 5.91 Å². The van der Waals surface area contributed by atoms with Crippen molar-refractivity contribution in [3.05, 3.63) is 0 Å². The Morgan fingerprint density at radius 1 is 1.47 bits per heavy atom. The van der Waals surface area contributed by atoms with Crippen LogP contribution in [0.3, 0.4) is 0 Å². The highest BCUT2D eigenvalue weighted by molar-refractivity contribution is 6.01. The van der Waals surface area contributed by atoms with E-state index >= 15 is 0 Å². The smallest absolute Gasteiger partial charge is 0.230 e. The van der Waals surface area contributed by atoms with Crippen LogP contribution in [0.5, 0.6) is 0 Å². The molecule has 0 saturated heterocycles. The van der Waals surface area contributed by atoms with Crippen LogP contribution >= 0.6 is 0 Å². The Labute approximate surface area is 90.7 Å². The summed E-state index contributed by atoms with van der Waals surface area (Å²) in [6, 6.07) is 0. The van der Waals surface area contributed by atoms with Crippen LogP contribution < -0.4 is 11.1 Å². The van der Waals surface area contributed by atoms with E-state index in [2.05, 4.69) is 24.3 Å². The molecular formula is C10H21N3O2. The van der Waals surface area contributed by atoms with Crippen molar-refractivity contribution in [1.29, 1.82) is 0 Å². The first-order valence-electron chi connectivity index (χ1n) is 5.24. The van der Waals surface area contributed by atoms with Gasteiger partial charge in [0, 0.05) is 6.54 Å². The van der Waals surface area contributed by atoms with Crippen LogP contribution in [0.15, 0.2) is 5.16 Å². The lowest BCUT2D eigenvalue weighted by Gasteiger charge is -2.11. The summed E-state index contributed by atoms with van der Waals surface area (Å²) in [6.07, 6.45) is 2.03. The minimum Gasteiger partial charge on any atom is -0.409 e. The molecule has 0 aromatic rings. The summed E-state index contributed by atoms with van der Waals surface area (Å²) in [5.41, 5.74) is 5.31. The van der Waals surface area contributed by atoms with E-state index in [1.807, 2.05) is 0 Å². The molecule has 0 aromatic carbocycles. The molecule has 88 valence electrons. The van der Waals surface area contributed by atoms with Gasteiger partial charge in [-0.3, -0.25) is 4.79 Å². The molecule has 1 atom stereocenters. The summed E-state index contributed by atoms with van der Waals surface area (Å²) in [6.45, 7) is 6.52. The molecule has 5 heteroatoms. The maximum absolute atomic E-state index is 11.4. The Bertz CT molecular complexity index is 227. The number of hydrogen-bond acceptors (Lipinski definition) is 3. The minimum atomic E-state index is -0.575. The molecular weight excluding hydrogens is 194 g/mol. The average Bonchev–Trinajstić information content (AvgIpc) is 2.21. The molecule has 0 saturated carbocycles. The molecule has 0 rings (SSSR count). The number of nitrogens with zero attached hydrogens (tertiary/aromatic N) is 1. The average molecular weight is 215 g/mol. The van der Waals surface area contributed by atoms with Gasteiger partial charge in [-0.1, -0.05) is 19.0 Å². The van der Waals surface area contributed by atoms with E-state index in [1.165, 1.54) is 0 Å². The Morgan fingerprint density at radius 3 is 2.53 bits per heavy atom. The standard InChI is InChI=1S/C10H21N3O2/c1-7(2)5-4-6-12-10(14)8(3)9(11)13-15/h7-8,15H,4-6H2,1-3H3,(H2,11,13)(H,12,14). The largest absolute Gasteiger partial charge is 0.409 e. The third kappa shape index (κ3) is 5.93. The van der Waals surface area contributed by atoms with E-state index in [-0.39, 0.29) is 11.7 Å². The number of amides is 1. The van der Waals surface area contributed by atoms with E-state index in [0.717, 1.165) is 12.8 Å². The molecule has 1 unspecified atom stereocenters. The SMILES string of the molecule is CC(C)CCCNC(=O)C(C)C(N)=NO. The van der Waals surface area contributed by atoms with Gasteiger partial charge in [0.25, 0.3) is 0 Å². The first-order valence-corrected chi connectivity index (χ1v) is 5.24. The summed E-state index contributed by atoms with van der Waals surface area (Å²) in [4.78, 5) is 11.4. The van der Waals surface area contributed by atoms with Crippen molar-refractivity contribution < 1.29 is 10.0 Å². The van der Waals surface area contributed by atoms with Crippen LogP contribution in [0.25, 0.3) is 0 Å². The van der Waals surface area contributed by atoms with Crippen molar-refractivity contribution in [2.45, 2.75) is 33.6 Å². The molecule has 0 spiro atoms. The summed E-state index contributed by atoms with van der Waals surface area (Å²) < 4.78 is 0. The van der Waals surface area contributed by atoms with Crippen LogP contribution in [0.4, 0.5) is 0 Å². The lowest BCUT2D eigenvalue weighted by molar-refractivity contribution is -0.122. The molecule has 0 bridgehead atoms. The summed E-state index contributed by atoms with van der Waals surface area (Å²) in [5, 5.41) is 13.9. The first-order chi connectivity index (χ1) is 6.99.